The molecule has 4 rings (SSSR count). The molecule has 1 saturated heterocycles. The van der Waals surface area contributed by atoms with E-state index in [1.165, 1.54) is 6.26 Å². The van der Waals surface area contributed by atoms with Crippen molar-refractivity contribution in [3.63, 3.8) is 0 Å². The lowest BCUT2D eigenvalue weighted by atomic mass is 10.1. The number of hydrogen-bond acceptors (Lipinski definition) is 7. The second-order valence-electron chi connectivity index (χ2n) is 5.94. The summed E-state index contributed by atoms with van der Waals surface area (Å²) in [5.41, 5.74) is 0.205. The normalized spacial score (nSPS) is 16.5. The quantitative estimate of drug-likeness (QED) is 0.723. The average molecular weight is 357 g/mol. The Labute approximate surface area is 149 Å². The van der Waals surface area contributed by atoms with Gasteiger partial charge in [-0.25, -0.2) is 0 Å². The van der Waals surface area contributed by atoms with Gasteiger partial charge in [0, 0.05) is 25.7 Å². The summed E-state index contributed by atoms with van der Waals surface area (Å²) in [5, 5.41) is 6.73. The van der Waals surface area contributed by atoms with Crippen molar-refractivity contribution in [1.82, 2.24) is 15.4 Å². The van der Waals surface area contributed by atoms with Gasteiger partial charge in [0.1, 0.15) is 5.76 Å². The van der Waals surface area contributed by atoms with Crippen LogP contribution in [0.25, 0.3) is 11.5 Å². The zero-order chi connectivity index (χ0) is 17.8. The molecule has 1 aliphatic rings. The number of hydrogen-bond donors (Lipinski definition) is 1. The molecule has 0 radical (unpaired) electrons. The van der Waals surface area contributed by atoms with Gasteiger partial charge in [0.05, 0.1) is 31.8 Å². The summed E-state index contributed by atoms with van der Waals surface area (Å²) in [4.78, 5) is 14.7. The number of aromatic nitrogens is 1. The molecule has 0 aromatic carbocycles. The molecule has 1 amide bonds. The van der Waals surface area contributed by atoms with E-state index in [0.717, 1.165) is 18.8 Å². The number of rotatable bonds is 6. The first-order chi connectivity index (χ1) is 12.8. The van der Waals surface area contributed by atoms with Gasteiger partial charge in [-0.15, -0.1) is 0 Å². The number of nitrogens with zero attached hydrogens (tertiary/aromatic N) is 2. The first-order valence-corrected chi connectivity index (χ1v) is 8.45. The number of furan rings is 2. The predicted molar refractivity (Wildman–Crippen MR) is 90.4 cm³/mol. The van der Waals surface area contributed by atoms with Gasteiger partial charge in [0.2, 0.25) is 5.76 Å². The molecule has 8 nitrogen and oxygen atoms in total. The van der Waals surface area contributed by atoms with Crippen LogP contribution in [0.5, 0.6) is 0 Å². The number of carbonyl (C=O) groups is 1. The lowest BCUT2D eigenvalue weighted by Gasteiger charge is -2.33. The van der Waals surface area contributed by atoms with Crippen LogP contribution >= 0.6 is 0 Å². The zero-order valence-corrected chi connectivity index (χ0v) is 14.1. The molecule has 136 valence electrons. The van der Waals surface area contributed by atoms with E-state index in [4.69, 9.17) is 18.1 Å². The Balaban J connectivity index is 1.43. The van der Waals surface area contributed by atoms with Gasteiger partial charge in [-0.1, -0.05) is 5.16 Å². The van der Waals surface area contributed by atoms with Crippen LogP contribution in [-0.4, -0.2) is 48.8 Å². The minimum atomic E-state index is -0.309. The second kappa shape index (κ2) is 7.59. The molecule has 8 heteroatoms. The molecule has 3 aromatic rings. The van der Waals surface area contributed by atoms with E-state index < -0.39 is 0 Å². The lowest BCUT2D eigenvalue weighted by molar-refractivity contribution is 0.0118. The topological polar surface area (TPSA) is 93.9 Å². The Morgan fingerprint density at radius 2 is 1.96 bits per heavy atom. The smallest absolute Gasteiger partial charge is 0.273 e. The maximum atomic E-state index is 12.4. The third kappa shape index (κ3) is 3.56. The van der Waals surface area contributed by atoms with E-state index in [0.29, 0.717) is 31.3 Å². The minimum absolute atomic E-state index is 0.0608. The van der Waals surface area contributed by atoms with Crippen molar-refractivity contribution in [1.29, 1.82) is 0 Å². The van der Waals surface area contributed by atoms with Crippen molar-refractivity contribution in [2.75, 3.05) is 32.8 Å². The Kier molecular flexibility index (Phi) is 4.85. The van der Waals surface area contributed by atoms with E-state index in [-0.39, 0.29) is 17.6 Å². The molecule has 1 fully saturated rings. The Bertz CT molecular complexity index is 819. The van der Waals surface area contributed by atoms with Crippen molar-refractivity contribution >= 4 is 5.91 Å². The van der Waals surface area contributed by atoms with Crippen LogP contribution in [0.1, 0.15) is 22.3 Å². The molecule has 1 aliphatic heterocycles. The van der Waals surface area contributed by atoms with Crippen LogP contribution in [-0.2, 0) is 4.74 Å². The molecule has 4 heterocycles. The first-order valence-electron chi connectivity index (χ1n) is 8.45. The fourth-order valence-electron chi connectivity index (χ4n) is 2.98. The summed E-state index contributed by atoms with van der Waals surface area (Å²) in [6.07, 6.45) is 3.17. The summed E-state index contributed by atoms with van der Waals surface area (Å²) in [6.45, 7) is 3.30. The number of nitrogens with one attached hydrogen (secondary N) is 1. The second-order valence-corrected chi connectivity index (χ2v) is 5.94. The number of ether oxygens (including phenoxy) is 1. The van der Waals surface area contributed by atoms with Gasteiger partial charge < -0.3 is 23.4 Å². The van der Waals surface area contributed by atoms with Crippen molar-refractivity contribution in [3.8, 4) is 11.5 Å². The third-order valence-electron chi connectivity index (χ3n) is 4.32. The highest BCUT2D eigenvalue weighted by Gasteiger charge is 2.26. The lowest BCUT2D eigenvalue weighted by Crippen LogP contribution is -2.43. The maximum absolute atomic E-state index is 12.4. The van der Waals surface area contributed by atoms with Crippen LogP contribution in [0.4, 0.5) is 0 Å². The molecule has 0 bridgehead atoms. The summed E-state index contributed by atoms with van der Waals surface area (Å²) >= 11 is 0. The highest BCUT2D eigenvalue weighted by molar-refractivity contribution is 5.92. The van der Waals surface area contributed by atoms with E-state index >= 15 is 0 Å². The largest absolute Gasteiger partial charge is 0.468 e. The van der Waals surface area contributed by atoms with E-state index in [2.05, 4.69) is 15.4 Å². The standard InChI is InChI=1S/C18H19N3O5/c22-18(13-11-17(26-20-13)16-4-2-8-25-16)19-12-14(15-3-1-7-24-15)21-5-9-23-10-6-21/h1-4,7-8,11,14H,5-6,9-10,12H2,(H,19,22). The Morgan fingerprint density at radius 3 is 2.69 bits per heavy atom. The molecule has 0 saturated carbocycles. The third-order valence-corrected chi connectivity index (χ3v) is 4.32. The van der Waals surface area contributed by atoms with E-state index in [9.17, 15) is 4.79 Å². The SMILES string of the molecule is O=C(NCC(c1ccco1)N1CCOCC1)c1cc(-c2ccco2)on1. The zero-order valence-electron chi connectivity index (χ0n) is 14.1. The number of morpholine rings is 1. The van der Waals surface area contributed by atoms with Crippen molar-refractivity contribution in [2.45, 2.75) is 6.04 Å². The van der Waals surface area contributed by atoms with Crippen LogP contribution in [0.15, 0.2) is 56.2 Å². The fraction of sp³-hybridized carbons (Fsp3) is 0.333. The Morgan fingerprint density at radius 1 is 1.15 bits per heavy atom. The molecule has 3 aromatic heterocycles. The summed E-state index contributed by atoms with van der Waals surface area (Å²) in [6, 6.07) is 8.75. The average Bonchev–Trinajstić information content (AvgIpc) is 3.43. The van der Waals surface area contributed by atoms with Crippen LogP contribution in [0, 0.1) is 0 Å². The predicted octanol–water partition coefficient (Wildman–Crippen LogP) is 2.33. The van der Waals surface area contributed by atoms with Gasteiger partial charge >= 0.3 is 0 Å². The monoisotopic (exact) mass is 357 g/mol. The Hall–Kier alpha value is -2.84. The molecule has 0 spiro atoms. The first kappa shape index (κ1) is 16.6. The van der Waals surface area contributed by atoms with Crippen molar-refractivity contribution in [3.05, 3.63) is 54.3 Å². The summed E-state index contributed by atoms with van der Waals surface area (Å²) in [5.74, 6) is 1.44. The highest BCUT2D eigenvalue weighted by Crippen LogP contribution is 2.23. The number of amides is 1. The molecule has 1 atom stereocenters. The van der Waals surface area contributed by atoms with E-state index in [1.54, 1.807) is 24.5 Å². The fourth-order valence-corrected chi connectivity index (χ4v) is 2.98. The number of carbonyl (C=O) groups excluding carboxylic acids is 1. The molecule has 1 unspecified atom stereocenters. The molecule has 0 aliphatic carbocycles. The van der Waals surface area contributed by atoms with Gasteiger partial charge in [0.25, 0.3) is 5.91 Å². The van der Waals surface area contributed by atoms with Gasteiger partial charge in [0.15, 0.2) is 11.5 Å². The molecular weight excluding hydrogens is 338 g/mol. The van der Waals surface area contributed by atoms with Crippen LogP contribution < -0.4 is 5.32 Å². The molecular formula is C18H19N3O5. The van der Waals surface area contributed by atoms with Gasteiger partial charge in [-0.3, -0.25) is 9.69 Å². The molecule has 1 N–H and O–H groups in total. The van der Waals surface area contributed by atoms with Gasteiger partial charge in [-0.2, -0.15) is 0 Å². The summed E-state index contributed by atoms with van der Waals surface area (Å²) in [7, 11) is 0. The van der Waals surface area contributed by atoms with Crippen LogP contribution in [0.3, 0.4) is 0 Å². The minimum Gasteiger partial charge on any atom is -0.468 e. The van der Waals surface area contributed by atoms with E-state index in [1.807, 2.05) is 12.1 Å². The van der Waals surface area contributed by atoms with Crippen molar-refractivity contribution < 1.29 is 22.9 Å². The summed E-state index contributed by atoms with van der Waals surface area (Å²) < 4.78 is 21.4. The maximum Gasteiger partial charge on any atom is 0.273 e. The van der Waals surface area contributed by atoms with Gasteiger partial charge in [-0.05, 0) is 24.3 Å². The molecule has 26 heavy (non-hydrogen) atoms. The highest BCUT2D eigenvalue weighted by atomic mass is 16.5. The van der Waals surface area contributed by atoms with Crippen LogP contribution in [0.2, 0.25) is 0 Å². The van der Waals surface area contributed by atoms with Crippen molar-refractivity contribution in [2.24, 2.45) is 0 Å².